The van der Waals surface area contributed by atoms with Gasteiger partial charge < -0.3 is 4.90 Å². The summed E-state index contributed by atoms with van der Waals surface area (Å²) in [6, 6.07) is 7.55. The van der Waals surface area contributed by atoms with Crippen LogP contribution in [0.1, 0.15) is 28.9 Å². The summed E-state index contributed by atoms with van der Waals surface area (Å²) in [4.78, 5) is 19.4. The molecule has 1 amide bonds. The standard InChI is InChI=1S/C15H15ClN2OS/c16-12-6-4-5-11(9-12)14-17-10-13(20-14)15(19)18-7-2-1-3-8-18/h4-6,9-10H,1-3,7-8H2. The third-order valence-corrected chi connectivity index (χ3v) is 4.70. The van der Waals surface area contributed by atoms with E-state index in [4.69, 9.17) is 11.6 Å². The monoisotopic (exact) mass is 306 g/mol. The van der Waals surface area contributed by atoms with Crippen molar-refractivity contribution in [2.75, 3.05) is 13.1 Å². The summed E-state index contributed by atoms with van der Waals surface area (Å²) in [5, 5.41) is 1.52. The molecule has 1 saturated heterocycles. The number of hydrogen-bond donors (Lipinski definition) is 0. The second kappa shape index (κ2) is 5.94. The Morgan fingerprint density at radius 3 is 2.80 bits per heavy atom. The Morgan fingerprint density at radius 2 is 2.05 bits per heavy atom. The maximum Gasteiger partial charge on any atom is 0.265 e. The van der Waals surface area contributed by atoms with Gasteiger partial charge in [0.2, 0.25) is 0 Å². The molecule has 0 unspecified atom stereocenters. The van der Waals surface area contributed by atoms with E-state index < -0.39 is 0 Å². The minimum Gasteiger partial charge on any atom is -0.338 e. The van der Waals surface area contributed by atoms with Crippen molar-refractivity contribution in [1.29, 1.82) is 0 Å². The van der Waals surface area contributed by atoms with Crippen molar-refractivity contribution >= 4 is 28.8 Å². The average Bonchev–Trinajstić information content (AvgIpc) is 2.97. The fraction of sp³-hybridized carbons (Fsp3) is 0.333. The molecule has 1 aliphatic heterocycles. The zero-order chi connectivity index (χ0) is 13.9. The van der Waals surface area contributed by atoms with Crippen molar-refractivity contribution in [2.45, 2.75) is 19.3 Å². The minimum absolute atomic E-state index is 0.107. The molecule has 0 radical (unpaired) electrons. The van der Waals surface area contributed by atoms with Crippen molar-refractivity contribution < 1.29 is 4.79 Å². The highest BCUT2D eigenvalue weighted by Crippen LogP contribution is 2.28. The van der Waals surface area contributed by atoms with Crippen LogP contribution in [-0.4, -0.2) is 28.9 Å². The highest BCUT2D eigenvalue weighted by molar-refractivity contribution is 7.16. The summed E-state index contributed by atoms with van der Waals surface area (Å²) in [7, 11) is 0. The van der Waals surface area contributed by atoms with E-state index >= 15 is 0 Å². The molecule has 5 heteroatoms. The van der Waals surface area contributed by atoms with E-state index in [2.05, 4.69) is 4.98 Å². The third-order valence-electron chi connectivity index (χ3n) is 3.43. The Labute approximate surface area is 127 Å². The van der Waals surface area contributed by atoms with Gasteiger partial charge >= 0.3 is 0 Å². The van der Waals surface area contributed by atoms with Crippen molar-refractivity contribution in [1.82, 2.24) is 9.88 Å². The number of halogens is 1. The average molecular weight is 307 g/mol. The van der Waals surface area contributed by atoms with E-state index in [0.717, 1.165) is 36.5 Å². The van der Waals surface area contributed by atoms with Gasteiger partial charge in [-0.1, -0.05) is 23.7 Å². The molecule has 0 atom stereocenters. The quantitative estimate of drug-likeness (QED) is 0.837. The molecular formula is C15H15ClN2OS. The Hall–Kier alpha value is -1.39. The number of benzene rings is 1. The molecule has 20 heavy (non-hydrogen) atoms. The van der Waals surface area contributed by atoms with Crippen LogP contribution in [0.2, 0.25) is 5.02 Å². The number of carbonyl (C=O) groups is 1. The van der Waals surface area contributed by atoms with Crippen molar-refractivity contribution in [2.24, 2.45) is 0 Å². The SMILES string of the molecule is O=C(c1cnc(-c2cccc(Cl)c2)s1)N1CCCCC1. The van der Waals surface area contributed by atoms with Crippen LogP contribution in [0.5, 0.6) is 0 Å². The first kappa shape index (κ1) is 13.6. The van der Waals surface area contributed by atoms with Gasteiger partial charge in [0, 0.05) is 23.7 Å². The summed E-state index contributed by atoms with van der Waals surface area (Å²) in [6.45, 7) is 1.73. The highest BCUT2D eigenvalue weighted by Gasteiger charge is 2.20. The largest absolute Gasteiger partial charge is 0.338 e. The predicted molar refractivity (Wildman–Crippen MR) is 82.3 cm³/mol. The molecule has 2 aromatic rings. The van der Waals surface area contributed by atoms with Gasteiger partial charge in [0.25, 0.3) is 5.91 Å². The van der Waals surface area contributed by atoms with Gasteiger partial charge in [-0.2, -0.15) is 0 Å². The molecule has 0 N–H and O–H groups in total. The zero-order valence-electron chi connectivity index (χ0n) is 11.0. The molecule has 3 nitrogen and oxygen atoms in total. The van der Waals surface area contributed by atoms with Crippen LogP contribution >= 0.6 is 22.9 Å². The maximum absolute atomic E-state index is 12.4. The second-order valence-corrected chi connectivity index (χ2v) is 6.36. The predicted octanol–water partition coefficient (Wildman–Crippen LogP) is 4.09. The van der Waals surface area contributed by atoms with Gasteiger partial charge in [0.05, 0.1) is 6.20 Å². The van der Waals surface area contributed by atoms with Crippen LogP contribution in [0.15, 0.2) is 30.5 Å². The van der Waals surface area contributed by atoms with E-state index in [1.54, 1.807) is 6.20 Å². The van der Waals surface area contributed by atoms with Crippen molar-refractivity contribution in [3.63, 3.8) is 0 Å². The fourth-order valence-corrected chi connectivity index (χ4v) is 3.45. The number of likely N-dealkylation sites (tertiary alicyclic amines) is 1. The van der Waals surface area contributed by atoms with Crippen LogP contribution in [0.25, 0.3) is 10.6 Å². The topological polar surface area (TPSA) is 33.2 Å². The van der Waals surface area contributed by atoms with Crippen LogP contribution < -0.4 is 0 Å². The number of thiazole rings is 1. The van der Waals surface area contributed by atoms with Crippen molar-refractivity contribution in [3.8, 4) is 10.6 Å². The molecule has 0 spiro atoms. The Morgan fingerprint density at radius 1 is 1.25 bits per heavy atom. The number of aromatic nitrogens is 1. The number of amides is 1. The van der Waals surface area contributed by atoms with Crippen LogP contribution in [-0.2, 0) is 0 Å². The Balaban J connectivity index is 1.81. The van der Waals surface area contributed by atoms with Crippen LogP contribution in [0.4, 0.5) is 0 Å². The molecule has 3 rings (SSSR count). The first-order valence-corrected chi connectivity index (χ1v) is 7.94. The highest BCUT2D eigenvalue weighted by atomic mass is 35.5. The number of hydrogen-bond acceptors (Lipinski definition) is 3. The normalized spacial score (nSPS) is 15.3. The molecule has 0 aliphatic carbocycles. The van der Waals surface area contributed by atoms with E-state index in [1.165, 1.54) is 17.8 Å². The lowest BCUT2D eigenvalue weighted by molar-refractivity contribution is 0.0729. The fourth-order valence-electron chi connectivity index (χ4n) is 2.38. The lowest BCUT2D eigenvalue weighted by atomic mass is 10.1. The van der Waals surface area contributed by atoms with Crippen LogP contribution in [0, 0.1) is 0 Å². The summed E-state index contributed by atoms with van der Waals surface area (Å²) in [5.74, 6) is 0.107. The van der Waals surface area contributed by atoms with E-state index in [9.17, 15) is 4.79 Å². The number of carbonyl (C=O) groups excluding carboxylic acids is 1. The zero-order valence-corrected chi connectivity index (χ0v) is 12.6. The summed E-state index contributed by atoms with van der Waals surface area (Å²) in [6.07, 6.45) is 5.11. The molecular weight excluding hydrogens is 292 g/mol. The molecule has 104 valence electrons. The van der Waals surface area contributed by atoms with E-state index in [0.29, 0.717) is 9.90 Å². The molecule has 1 aliphatic rings. The molecule has 1 aromatic carbocycles. The Kier molecular flexibility index (Phi) is 4.03. The van der Waals surface area contributed by atoms with E-state index in [-0.39, 0.29) is 5.91 Å². The van der Waals surface area contributed by atoms with Crippen LogP contribution in [0.3, 0.4) is 0 Å². The van der Waals surface area contributed by atoms with E-state index in [1.807, 2.05) is 29.2 Å². The number of nitrogens with zero attached hydrogens (tertiary/aromatic N) is 2. The van der Waals surface area contributed by atoms with Gasteiger partial charge in [-0.3, -0.25) is 4.79 Å². The lowest BCUT2D eigenvalue weighted by Gasteiger charge is -2.25. The summed E-state index contributed by atoms with van der Waals surface area (Å²) in [5.41, 5.74) is 0.959. The first-order valence-electron chi connectivity index (χ1n) is 6.75. The Bertz CT molecular complexity index is 620. The lowest BCUT2D eigenvalue weighted by Crippen LogP contribution is -2.35. The van der Waals surface area contributed by atoms with Gasteiger partial charge in [0.15, 0.2) is 0 Å². The third kappa shape index (κ3) is 2.86. The van der Waals surface area contributed by atoms with Crippen molar-refractivity contribution in [3.05, 3.63) is 40.4 Å². The molecule has 0 saturated carbocycles. The van der Waals surface area contributed by atoms with Gasteiger partial charge in [-0.15, -0.1) is 11.3 Å². The molecule has 1 aromatic heterocycles. The molecule has 1 fully saturated rings. The van der Waals surface area contributed by atoms with Gasteiger partial charge in [-0.25, -0.2) is 4.98 Å². The minimum atomic E-state index is 0.107. The van der Waals surface area contributed by atoms with Gasteiger partial charge in [0.1, 0.15) is 9.88 Å². The maximum atomic E-state index is 12.4. The van der Waals surface area contributed by atoms with Gasteiger partial charge in [-0.05, 0) is 31.4 Å². The first-order chi connectivity index (χ1) is 9.74. The number of rotatable bonds is 2. The molecule has 0 bridgehead atoms. The summed E-state index contributed by atoms with van der Waals surface area (Å²) >= 11 is 7.42. The smallest absolute Gasteiger partial charge is 0.265 e. The summed E-state index contributed by atoms with van der Waals surface area (Å²) < 4.78 is 0. The second-order valence-electron chi connectivity index (χ2n) is 4.89. The number of piperidine rings is 1. The molecule has 2 heterocycles.